The number of nitrogens with one attached hydrogen (secondary N) is 1. The second kappa shape index (κ2) is 4.80. The molecule has 0 saturated carbocycles. The SMILES string of the molecule is CC(C)(C)c1ccc(NC(=O)c2ccc(N)o2)cc1. The van der Waals surface area contributed by atoms with Crippen molar-refractivity contribution in [3.8, 4) is 0 Å². The third kappa shape index (κ3) is 3.16. The maximum atomic E-state index is 11.8. The second-order valence-corrected chi connectivity index (χ2v) is 5.48. The van der Waals surface area contributed by atoms with E-state index in [-0.39, 0.29) is 23.0 Å². The molecule has 1 heterocycles. The van der Waals surface area contributed by atoms with Gasteiger partial charge in [0.15, 0.2) is 11.6 Å². The molecule has 0 radical (unpaired) electrons. The van der Waals surface area contributed by atoms with Crippen molar-refractivity contribution in [3.05, 3.63) is 47.7 Å². The first-order valence-corrected chi connectivity index (χ1v) is 6.13. The minimum absolute atomic E-state index is 0.0952. The van der Waals surface area contributed by atoms with E-state index in [4.69, 9.17) is 10.2 Å². The number of carbonyl (C=O) groups excluding carboxylic acids is 1. The van der Waals surface area contributed by atoms with Crippen LogP contribution in [0.3, 0.4) is 0 Å². The Labute approximate surface area is 112 Å². The molecule has 0 aliphatic heterocycles. The molecule has 1 aromatic carbocycles. The molecule has 0 fully saturated rings. The Balaban J connectivity index is 2.10. The van der Waals surface area contributed by atoms with E-state index in [0.717, 1.165) is 5.69 Å². The summed E-state index contributed by atoms with van der Waals surface area (Å²) in [6, 6.07) is 10.9. The summed E-state index contributed by atoms with van der Waals surface area (Å²) >= 11 is 0. The Kier molecular flexibility index (Phi) is 3.34. The van der Waals surface area contributed by atoms with Crippen molar-refractivity contribution in [2.24, 2.45) is 0 Å². The summed E-state index contributed by atoms with van der Waals surface area (Å²) in [7, 11) is 0. The molecule has 1 aromatic heterocycles. The van der Waals surface area contributed by atoms with E-state index < -0.39 is 0 Å². The normalized spacial score (nSPS) is 11.3. The van der Waals surface area contributed by atoms with E-state index in [1.54, 1.807) is 12.1 Å². The van der Waals surface area contributed by atoms with E-state index in [1.165, 1.54) is 5.56 Å². The average Bonchev–Trinajstić information content (AvgIpc) is 2.75. The number of amides is 1. The van der Waals surface area contributed by atoms with Crippen molar-refractivity contribution in [2.75, 3.05) is 11.1 Å². The smallest absolute Gasteiger partial charge is 0.291 e. The van der Waals surface area contributed by atoms with Gasteiger partial charge >= 0.3 is 0 Å². The van der Waals surface area contributed by atoms with Gasteiger partial charge in [-0.3, -0.25) is 4.79 Å². The number of anilines is 2. The topological polar surface area (TPSA) is 68.3 Å². The quantitative estimate of drug-likeness (QED) is 0.867. The zero-order chi connectivity index (χ0) is 14.0. The third-order valence-electron chi connectivity index (χ3n) is 2.86. The number of rotatable bonds is 2. The molecule has 0 spiro atoms. The van der Waals surface area contributed by atoms with Gasteiger partial charge < -0.3 is 15.5 Å². The summed E-state index contributed by atoms with van der Waals surface area (Å²) in [6.07, 6.45) is 0. The monoisotopic (exact) mass is 258 g/mol. The molecule has 100 valence electrons. The van der Waals surface area contributed by atoms with Gasteiger partial charge in [-0.05, 0) is 29.2 Å². The van der Waals surface area contributed by atoms with E-state index >= 15 is 0 Å². The molecular formula is C15H18N2O2. The lowest BCUT2D eigenvalue weighted by Crippen LogP contribution is -2.13. The van der Waals surface area contributed by atoms with Crippen LogP contribution in [0.15, 0.2) is 40.8 Å². The third-order valence-corrected chi connectivity index (χ3v) is 2.86. The molecule has 0 aliphatic rings. The van der Waals surface area contributed by atoms with E-state index in [1.807, 2.05) is 24.3 Å². The second-order valence-electron chi connectivity index (χ2n) is 5.48. The number of benzene rings is 1. The summed E-state index contributed by atoms with van der Waals surface area (Å²) in [6.45, 7) is 6.44. The van der Waals surface area contributed by atoms with Gasteiger partial charge in [-0.25, -0.2) is 0 Å². The molecule has 0 bridgehead atoms. The Bertz CT molecular complexity index is 577. The zero-order valence-corrected chi connectivity index (χ0v) is 11.4. The molecule has 0 unspecified atom stereocenters. The fourth-order valence-corrected chi connectivity index (χ4v) is 1.72. The number of hydrogen-bond acceptors (Lipinski definition) is 3. The van der Waals surface area contributed by atoms with Crippen molar-refractivity contribution >= 4 is 17.5 Å². The number of nitrogens with two attached hydrogens (primary N) is 1. The Morgan fingerprint density at radius 3 is 2.21 bits per heavy atom. The summed E-state index contributed by atoms with van der Waals surface area (Å²) in [4.78, 5) is 11.8. The highest BCUT2D eigenvalue weighted by molar-refractivity contribution is 6.02. The van der Waals surface area contributed by atoms with Crippen LogP contribution in [0.4, 0.5) is 11.6 Å². The van der Waals surface area contributed by atoms with Crippen molar-refractivity contribution in [2.45, 2.75) is 26.2 Å². The highest BCUT2D eigenvalue weighted by atomic mass is 16.4. The number of hydrogen-bond donors (Lipinski definition) is 2. The van der Waals surface area contributed by atoms with E-state index in [2.05, 4.69) is 26.1 Å². The minimum Gasteiger partial charge on any atom is -0.436 e. The van der Waals surface area contributed by atoms with Gasteiger partial charge in [-0.1, -0.05) is 32.9 Å². The predicted octanol–water partition coefficient (Wildman–Crippen LogP) is 3.41. The van der Waals surface area contributed by atoms with E-state index in [0.29, 0.717) is 0 Å². The number of carbonyl (C=O) groups is 1. The molecule has 3 N–H and O–H groups in total. The largest absolute Gasteiger partial charge is 0.436 e. The van der Waals surface area contributed by atoms with Crippen LogP contribution < -0.4 is 11.1 Å². The molecule has 2 rings (SSSR count). The van der Waals surface area contributed by atoms with Crippen molar-refractivity contribution < 1.29 is 9.21 Å². The highest BCUT2D eigenvalue weighted by Gasteiger charge is 2.14. The Morgan fingerprint density at radius 2 is 1.74 bits per heavy atom. The minimum atomic E-state index is -0.305. The van der Waals surface area contributed by atoms with Crippen LogP contribution in [-0.2, 0) is 5.41 Å². The first-order valence-electron chi connectivity index (χ1n) is 6.13. The average molecular weight is 258 g/mol. The van der Waals surface area contributed by atoms with Crippen molar-refractivity contribution in [3.63, 3.8) is 0 Å². The van der Waals surface area contributed by atoms with Crippen LogP contribution in [-0.4, -0.2) is 5.91 Å². The highest BCUT2D eigenvalue weighted by Crippen LogP contribution is 2.23. The van der Waals surface area contributed by atoms with Gasteiger partial charge in [0.2, 0.25) is 0 Å². The maximum Gasteiger partial charge on any atom is 0.291 e. The Hall–Kier alpha value is -2.23. The van der Waals surface area contributed by atoms with Gasteiger partial charge in [0.1, 0.15) is 0 Å². The number of furan rings is 1. The fraction of sp³-hybridized carbons (Fsp3) is 0.267. The van der Waals surface area contributed by atoms with Crippen LogP contribution in [0.1, 0.15) is 36.9 Å². The first-order chi connectivity index (χ1) is 8.86. The van der Waals surface area contributed by atoms with Crippen LogP contribution in [0, 0.1) is 0 Å². The van der Waals surface area contributed by atoms with Crippen LogP contribution in [0.25, 0.3) is 0 Å². The summed E-state index contributed by atoms with van der Waals surface area (Å²) in [5.41, 5.74) is 7.47. The van der Waals surface area contributed by atoms with Gasteiger partial charge in [-0.2, -0.15) is 0 Å². The van der Waals surface area contributed by atoms with E-state index in [9.17, 15) is 4.79 Å². The van der Waals surface area contributed by atoms with Gasteiger partial charge in [0, 0.05) is 11.8 Å². The van der Waals surface area contributed by atoms with Gasteiger partial charge in [0.05, 0.1) is 0 Å². The molecule has 1 amide bonds. The molecule has 2 aromatic rings. The summed E-state index contributed by atoms with van der Waals surface area (Å²) < 4.78 is 5.06. The maximum absolute atomic E-state index is 11.8. The van der Waals surface area contributed by atoms with Crippen LogP contribution in [0.2, 0.25) is 0 Å². The van der Waals surface area contributed by atoms with Gasteiger partial charge in [-0.15, -0.1) is 0 Å². The Morgan fingerprint density at radius 1 is 1.11 bits per heavy atom. The van der Waals surface area contributed by atoms with Crippen molar-refractivity contribution in [1.82, 2.24) is 0 Å². The lowest BCUT2D eigenvalue weighted by atomic mass is 9.87. The molecule has 0 aliphatic carbocycles. The predicted molar refractivity (Wildman–Crippen MR) is 76.2 cm³/mol. The first kappa shape index (κ1) is 13.2. The van der Waals surface area contributed by atoms with Gasteiger partial charge in [0.25, 0.3) is 5.91 Å². The lowest BCUT2D eigenvalue weighted by Gasteiger charge is -2.19. The summed E-state index contributed by atoms with van der Waals surface area (Å²) in [5.74, 6) is 0.130. The molecule has 0 atom stereocenters. The molecular weight excluding hydrogens is 240 g/mol. The molecule has 4 heteroatoms. The fourth-order valence-electron chi connectivity index (χ4n) is 1.72. The lowest BCUT2D eigenvalue weighted by molar-refractivity contribution is 0.0997. The molecule has 0 saturated heterocycles. The zero-order valence-electron chi connectivity index (χ0n) is 11.4. The van der Waals surface area contributed by atoms with Crippen LogP contribution >= 0.6 is 0 Å². The molecule has 19 heavy (non-hydrogen) atoms. The van der Waals surface area contributed by atoms with Crippen molar-refractivity contribution in [1.29, 1.82) is 0 Å². The number of nitrogen functional groups attached to an aromatic ring is 1. The standard InChI is InChI=1S/C15H18N2O2/c1-15(2,3)10-4-6-11(7-5-10)17-14(18)12-8-9-13(16)19-12/h4-9H,16H2,1-3H3,(H,17,18). The van der Waals surface area contributed by atoms with Crippen LogP contribution in [0.5, 0.6) is 0 Å². The summed E-state index contributed by atoms with van der Waals surface area (Å²) in [5, 5.41) is 2.76. The molecule has 4 nitrogen and oxygen atoms in total.